The molecule has 0 saturated heterocycles. The van der Waals surface area contributed by atoms with Crippen LogP contribution >= 0.6 is 11.6 Å². The summed E-state index contributed by atoms with van der Waals surface area (Å²) in [5.74, 6) is -1.18. The molecule has 0 spiro atoms. The Morgan fingerprint density at radius 1 is 1.30 bits per heavy atom. The van der Waals surface area contributed by atoms with E-state index in [9.17, 15) is 14.7 Å². The largest absolute Gasteiger partial charge is 0.480 e. The fourth-order valence-electron chi connectivity index (χ4n) is 1.76. The van der Waals surface area contributed by atoms with E-state index in [4.69, 9.17) is 21.1 Å². The molecule has 23 heavy (non-hydrogen) atoms. The highest BCUT2D eigenvalue weighted by atomic mass is 35.5. The minimum Gasteiger partial charge on any atom is -0.480 e. The predicted molar refractivity (Wildman–Crippen MR) is 86.5 cm³/mol. The van der Waals surface area contributed by atoms with Crippen LogP contribution in [-0.4, -0.2) is 35.9 Å². The number of alkyl carbamates (subject to hydrolysis) is 1. The standard InChI is InChI=1S/C16H22ClNO5/c1-3-4-9-22-16(21)18-14(15(19)20)11(2)23-10-12-5-7-13(17)8-6-12/h5-8,11,14H,3-4,9-10H2,1-2H3,(H,18,21)(H,19,20). The van der Waals surface area contributed by atoms with E-state index in [1.807, 2.05) is 6.92 Å². The van der Waals surface area contributed by atoms with Crippen LogP contribution in [0.1, 0.15) is 32.3 Å². The van der Waals surface area contributed by atoms with Crippen molar-refractivity contribution in [3.8, 4) is 0 Å². The molecule has 0 aromatic heterocycles. The first kappa shape index (κ1) is 19.3. The van der Waals surface area contributed by atoms with Crippen LogP contribution in [0.25, 0.3) is 0 Å². The zero-order valence-electron chi connectivity index (χ0n) is 13.3. The number of hydrogen-bond donors (Lipinski definition) is 2. The summed E-state index contributed by atoms with van der Waals surface area (Å²) in [6.45, 7) is 4.03. The van der Waals surface area contributed by atoms with Crippen molar-refractivity contribution in [3.63, 3.8) is 0 Å². The number of halogens is 1. The van der Waals surface area contributed by atoms with Gasteiger partial charge in [-0.2, -0.15) is 0 Å². The van der Waals surface area contributed by atoms with Crippen molar-refractivity contribution < 1.29 is 24.2 Å². The van der Waals surface area contributed by atoms with Crippen molar-refractivity contribution in [1.29, 1.82) is 0 Å². The van der Waals surface area contributed by atoms with Crippen LogP contribution < -0.4 is 5.32 Å². The lowest BCUT2D eigenvalue weighted by molar-refractivity contribution is -0.143. The molecule has 2 N–H and O–H groups in total. The van der Waals surface area contributed by atoms with Crippen LogP contribution in [0.2, 0.25) is 5.02 Å². The number of nitrogens with one attached hydrogen (secondary N) is 1. The highest BCUT2D eigenvalue weighted by Gasteiger charge is 2.27. The fraction of sp³-hybridized carbons (Fsp3) is 0.500. The summed E-state index contributed by atoms with van der Waals surface area (Å²) in [6.07, 6.45) is 0.138. The van der Waals surface area contributed by atoms with Crippen LogP contribution in [-0.2, 0) is 20.9 Å². The summed E-state index contributed by atoms with van der Waals surface area (Å²) >= 11 is 5.80. The van der Waals surface area contributed by atoms with Gasteiger partial charge in [-0.25, -0.2) is 9.59 Å². The Kier molecular flexibility index (Phi) is 8.43. The Hall–Kier alpha value is -1.79. The molecule has 0 heterocycles. The monoisotopic (exact) mass is 343 g/mol. The third-order valence-corrected chi connectivity index (χ3v) is 3.42. The van der Waals surface area contributed by atoms with Crippen molar-refractivity contribution in [2.75, 3.05) is 6.61 Å². The van der Waals surface area contributed by atoms with E-state index in [0.29, 0.717) is 5.02 Å². The Balaban J connectivity index is 2.50. The Morgan fingerprint density at radius 3 is 2.52 bits per heavy atom. The van der Waals surface area contributed by atoms with Crippen molar-refractivity contribution >= 4 is 23.7 Å². The molecule has 0 bridgehead atoms. The van der Waals surface area contributed by atoms with Crippen LogP contribution in [0.15, 0.2) is 24.3 Å². The van der Waals surface area contributed by atoms with Gasteiger partial charge < -0.3 is 19.9 Å². The summed E-state index contributed by atoms with van der Waals surface area (Å²) < 4.78 is 10.4. The second-order valence-corrected chi connectivity index (χ2v) is 5.53. The van der Waals surface area contributed by atoms with Gasteiger partial charge in [0.25, 0.3) is 0 Å². The van der Waals surface area contributed by atoms with Gasteiger partial charge in [0.2, 0.25) is 0 Å². The molecule has 1 aromatic carbocycles. The first-order chi connectivity index (χ1) is 10.9. The number of rotatable bonds is 9. The van der Waals surface area contributed by atoms with E-state index >= 15 is 0 Å². The second kappa shape index (κ2) is 10.1. The Bertz CT molecular complexity index is 506. The normalized spacial score (nSPS) is 13.2. The number of carbonyl (C=O) groups is 2. The first-order valence-corrected chi connectivity index (χ1v) is 7.84. The molecule has 128 valence electrons. The lowest BCUT2D eigenvalue weighted by Crippen LogP contribution is -2.48. The number of carbonyl (C=O) groups excluding carboxylic acids is 1. The average Bonchev–Trinajstić information content (AvgIpc) is 2.51. The molecule has 0 fully saturated rings. The van der Waals surface area contributed by atoms with Gasteiger partial charge in [-0.05, 0) is 31.0 Å². The van der Waals surface area contributed by atoms with Gasteiger partial charge in [0.05, 0.1) is 19.3 Å². The van der Waals surface area contributed by atoms with E-state index in [1.54, 1.807) is 31.2 Å². The minimum absolute atomic E-state index is 0.217. The van der Waals surface area contributed by atoms with Crippen molar-refractivity contribution in [3.05, 3.63) is 34.9 Å². The highest BCUT2D eigenvalue weighted by Crippen LogP contribution is 2.12. The zero-order chi connectivity index (χ0) is 17.2. The van der Waals surface area contributed by atoms with Crippen LogP contribution in [0.3, 0.4) is 0 Å². The Morgan fingerprint density at radius 2 is 1.96 bits per heavy atom. The third kappa shape index (κ3) is 7.34. The minimum atomic E-state index is -1.18. The molecule has 0 aliphatic heterocycles. The molecule has 0 saturated carbocycles. The molecule has 0 aliphatic rings. The molecule has 1 rings (SSSR count). The average molecular weight is 344 g/mol. The molecular formula is C16H22ClNO5. The van der Waals surface area contributed by atoms with E-state index < -0.39 is 24.2 Å². The van der Waals surface area contributed by atoms with Gasteiger partial charge >= 0.3 is 12.1 Å². The van der Waals surface area contributed by atoms with Crippen LogP contribution in [0.4, 0.5) is 4.79 Å². The maximum Gasteiger partial charge on any atom is 0.407 e. The van der Waals surface area contributed by atoms with Gasteiger partial charge in [-0.1, -0.05) is 37.1 Å². The number of ether oxygens (including phenoxy) is 2. The van der Waals surface area contributed by atoms with Crippen molar-refractivity contribution in [2.24, 2.45) is 0 Å². The summed E-state index contributed by atoms with van der Waals surface area (Å²) in [7, 11) is 0. The Labute approximate surface area is 140 Å². The van der Waals surface area contributed by atoms with E-state index in [-0.39, 0.29) is 13.2 Å². The van der Waals surface area contributed by atoms with E-state index in [1.165, 1.54) is 0 Å². The van der Waals surface area contributed by atoms with E-state index in [0.717, 1.165) is 18.4 Å². The SMILES string of the molecule is CCCCOC(=O)NC(C(=O)O)C(C)OCc1ccc(Cl)cc1. The number of unbranched alkanes of at least 4 members (excludes halogenated alkanes) is 1. The zero-order valence-corrected chi connectivity index (χ0v) is 14.0. The summed E-state index contributed by atoms with van der Waals surface area (Å²) in [6, 6.07) is 5.84. The summed E-state index contributed by atoms with van der Waals surface area (Å²) in [5, 5.41) is 12.2. The number of amides is 1. The molecule has 6 nitrogen and oxygen atoms in total. The number of carboxylic acids is 1. The molecular weight excluding hydrogens is 322 g/mol. The predicted octanol–water partition coefficient (Wildman–Crippen LogP) is 3.22. The van der Waals surface area contributed by atoms with Crippen LogP contribution in [0.5, 0.6) is 0 Å². The van der Waals surface area contributed by atoms with Gasteiger partial charge in [0.1, 0.15) is 0 Å². The second-order valence-electron chi connectivity index (χ2n) is 5.09. The first-order valence-electron chi connectivity index (χ1n) is 7.46. The molecule has 2 unspecified atom stereocenters. The van der Waals surface area contributed by atoms with Crippen molar-refractivity contribution in [1.82, 2.24) is 5.32 Å². The van der Waals surface area contributed by atoms with Crippen molar-refractivity contribution in [2.45, 2.75) is 45.4 Å². The molecule has 1 aromatic rings. The van der Waals surface area contributed by atoms with Gasteiger partial charge in [-0.3, -0.25) is 0 Å². The maximum atomic E-state index is 11.6. The highest BCUT2D eigenvalue weighted by molar-refractivity contribution is 6.30. The van der Waals surface area contributed by atoms with Crippen LogP contribution in [0, 0.1) is 0 Å². The van der Waals surface area contributed by atoms with E-state index in [2.05, 4.69) is 5.32 Å². The summed E-state index contributed by atoms with van der Waals surface area (Å²) in [5.41, 5.74) is 0.857. The molecule has 0 aliphatic carbocycles. The molecule has 1 amide bonds. The summed E-state index contributed by atoms with van der Waals surface area (Å²) in [4.78, 5) is 22.9. The number of benzene rings is 1. The molecule has 7 heteroatoms. The van der Waals surface area contributed by atoms with Gasteiger partial charge in [0, 0.05) is 5.02 Å². The molecule has 0 radical (unpaired) electrons. The fourth-order valence-corrected chi connectivity index (χ4v) is 1.89. The quantitative estimate of drug-likeness (QED) is 0.672. The smallest absolute Gasteiger partial charge is 0.407 e. The number of aliphatic carboxylic acids is 1. The third-order valence-electron chi connectivity index (χ3n) is 3.17. The lowest BCUT2D eigenvalue weighted by Gasteiger charge is -2.21. The topological polar surface area (TPSA) is 84.9 Å². The molecule has 2 atom stereocenters. The van der Waals surface area contributed by atoms with Gasteiger partial charge in [-0.15, -0.1) is 0 Å². The maximum absolute atomic E-state index is 11.6. The number of carboxylic acid groups (broad SMARTS) is 1. The number of hydrogen-bond acceptors (Lipinski definition) is 4. The van der Waals surface area contributed by atoms with Gasteiger partial charge in [0.15, 0.2) is 6.04 Å². The lowest BCUT2D eigenvalue weighted by atomic mass is 10.2.